The molecule has 0 aromatic carbocycles. The molecule has 1 fully saturated rings. The van der Waals surface area contributed by atoms with Crippen LogP contribution in [-0.2, 0) is 19.1 Å². The lowest BCUT2D eigenvalue weighted by molar-refractivity contribution is -0.139. The number of rotatable bonds is 4. The number of carbonyl (C=O) groups is 2. The average molecular weight is 242 g/mol. The molecule has 0 aliphatic carbocycles. The van der Waals surface area contributed by atoms with E-state index in [1.165, 1.54) is 0 Å². The van der Waals surface area contributed by atoms with Gasteiger partial charge in [-0.15, -0.1) is 0 Å². The summed E-state index contributed by atoms with van der Waals surface area (Å²) in [4.78, 5) is 20.6. The molecule has 5 heteroatoms. The Hall–Kier alpha value is -1.62. The van der Waals surface area contributed by atoms with Crippen LogP contribution >= 0.6 is 0 Å². The van der Waals surface area contributed by atoms with E-state index in [1.54, 1.807) is 26.8 Å². The molecule has 1 aliphatic rings. The van der Waals surface area contributed by atoms with Gasteiger partial charge in [-0.1, -0.05) is 12.7 Å². The Morgan fingerprint density at radius 2 is 2.06 bits per heavy atom. The standard InChI is InChI=1S/C7H10O3.C5H8O2/c1-5(2)7(8)10-4-6-3-9-6;1-3-4(2)5(6)7/h6H,1,3-4H2,2H3;3H,1-2H3,(H,6,7). The first-order chi connectivity index (χ1) is 7.88. The largest absolute Gasteiger partial charge is 0.478 e. The van der Waals surface area contributed by atoms with Crippen LogP contribution in [0.3, 0.4) is 0 Å². The number of aliphatic carboxylic acids is 1. The van der Waals surface area contributed by atoms with Gasteiger partial charge in [-0.05, 0) is 20.8 Å². The Morgan fingerprint density at radius 3 is 2.29 bits per heavy atom. The first-order valence-corrected chi connectivity index (χ1v) is 5.19. The van der Waals surface area contributed by atoms with Crippen molar-refractivity contribution in [1.29, 1.82) is 0 Å². The molecule has 1 saturated heterocycles. The minimum Gasteiger partial charge on any atom is -0.478 e. The van der Waals surface area contributed by atoms with Gasteiger partial charge >= 0.3 is 11.9 Å². The van der Waals surface area contributed by atoms with E-state index in [1.807, 2.05) is 0 Å². The topological polar surface area (TPSA) is 76.1 Å². The highest BCUT2D eigenvalue weighted by molar-refractivity contribution is 5.87. The van der Waals surface area contributed by atoms with Gasteiger partial charge in [0.15, 0.2) is 0 Å². The van der Waals surface area contributed by atoms with Crippen LogP contribution < -0.4 is 0 Å². The van der Waals surface area contributed by atoms with Crippen LogP contribution in [0.25, 0.3) is 0 Å². The SMILES string of the molecule is C=C(C)C(=O)OCC1CO1.CC=C(C)C(=O)O. The van der Waals surface area contributed by atoms with E-state index in [-0.39, 0.29) is 12.1 Å². The molecule has 1 aliphatic heterocycles. The van der Waals surface area contributed by atoms with Gasteiger partial charge in [-0.3, -0.25) is 0 Å². The fourth-order valence-electron chi connectivity index (χ4n) is 0.580. The van der Waals surface area contributed by atoms with Gasteiger partial charge in [-0.2, -0.15) is 0 Å². The third-order valence-electron chi connectivity index (χ3n) is 1.92. The number of carboxylic acid groups (broad SMARTS) is 1. The summed E-state index contributed by atoms with van der Waals surface area (Å²) in [7, 11) is 0. The highest BCUT2D eigenvalue weighted by atomic mass is 16.6. The minimum absolute atomic E-state index is 0.142. The average Bonchev–Trinajstić information content (AvgIpc) is 3.09. The zero-order chi connectivity index (χ0) is 13.4. The monoisotopic (exact) mass is 242 g/mol. The van der Waals surface area contributed by atoms with Crippen molar-refractivity contribution in [1.82, 2.24) is 0 Å². The number of epoxide rings is 1. The quantitative estimate of drug-likeness (QED) is 0.459. The van der Waals surface area contributed by atoms with E-state index in [2.05, 4.69) is 6.58 Å². The second-order valence-electron chi connectivity index (χ2n) is 3.61. The van der Waals surface area contributed by atoms with Gasteiger partial charge in [0.2, 0.25) is 0 Å². The van der Waals surface area contributed by atoms with Crippen molar-refractivity contribution in [3.05, 3.63) is 23.8 Å². The van der Waals surface area contributed by atoms with Crippen molar-refractivity contribution in [3.8, 4) is 0 Å². The first kappa shape index (κ1) is 15.4. The molecule has 1 N–H and O–H groups in total. The summed E-state index contributed by atoms with van der Waals surface area (Å²) < 4.78 is 9.60. The Balaban J connectivity index is 0.000000325. The summed E-state index contributed by atoms with van der Waals surface area (Å²) in [6.07, 6.45) is 1.70. The van der Waals surface area contributed by atoms with E-state index < -0.39 is 5.97 Å². The van der Waals surface area contributed by atoms with Crippen molar-refractivity contribution in [2.45, 2.75) is 26.9 Å². The van der Waals surface area contributed by atoms with Crippen LogP contribution in [-0.4, -0.2) is 36.4 Å². The summed E-state index contributed by atoms with van der Waals surface area (Å²) in [6, 6.07) is 0. The van der Waals surface area contributed by atoms with Crippen LogP contribution in [0.15, 0.2) is 23.8 Å². The number of carbonyl (C=O) groups excluding carboxylic acids is 1. The summed E-state index contributed by atoms with van der Waals surface area (Å²) in [5.74, 6) is -1.18. The number of allylic oxidation sites excluding steroid dienone is 1. The Morgan fingerprint density at radius 1 is 1.53 bits per heavy atom. The molecule has 5 nitrogen and oxygen atoms in total. The van der Waals surface area contributed by atoms with Crippen molar-refractivity contribution < 1.29 is 24.2 Å². The summed E-state index contributed by atoms with van der Waals surface area (Å²) >= 11 is 0. The van der Waals surface area contributed by atoms with E-state index in [0.29, 0.717) is 24.4 Å². The zero-order valence-corrected chi connectivity index (χ0v) is 10.4. The molecule has 1 rings (SSSR count). The summed E-state index contributed by atoms with van der Waals surface area (Å²) in [5.41, 5.74) is 0.820. The highest BCUT2D eigenvalue weighted by Gasteiger charge is 2.24. The fraction of sp³-hybridized carbons (Fsp3) is 0.500. The van der Waals surface area contributed by atoms with Gasteiger partial charge < -0.3 is 14.6 Å². The predicted octanol–water partition coefficient (Wildman–Crippen LogP) is 1.54. The Bertz CT molecular complexity index is 326. The molecule has 0 amide bonds. The van der Waals surface area contributed by atoms with E-state index in [9.17, 15) is 9.59 Å². The maximum atomic E-state index is 10.7. The minimum atomic E-state index is -0.845. The molecule has 0 spiro atoms. The third-order valence-corrected chi connectivity index (χ3v) is 1.92. The number of hydrogen-bond donors (Lipinski definition) is 1. The van der Waals surface area contributed by atoms with E-state index in [4.69, 9.17) is 14.6 Å². The van der Waals surface area contributed by atoms with E-state index in [0.717, 1.165) is 0 Å². The van der Waals surface area contributed by atoms with Crippen molar-refractivity contribution in [2.75, 3.05) is 13.2 Å². The van der Waals surface area contributed by atoms with Crippen LogP contribution in [0.1, 0.15) is 20.8 Å². The fourth-order valence-corrected chi connectivity index (χ4v) is 0.580. The Labute approximate surface area is 101 Å². The predicted molar refractivity (Wildman–Crippen MR) is 62.6 cm³/mol. The first-order valence-electron chi connectivity index (χ1n) is 5.19. The normalized spacial score (nSPS) is 17.6. The molecule has 96 valence electrons. The number of hydrogen-bond acceptors (Lipinski definition) is 4. The maximum Gasteiger partial charge on any atom is 0.333 e. The lowest BCUT2D eigenvalue weighted by Gasteiger charge is -1.99. The van der Waals surface area contributed by atoms with Gasteiger partial charge in [0.1, 0.15) is 12.7 Å². The summed E-state index contributed by atoms with van der Waals surface area (Å²) in [6.45, 7) is 9.39. The summed E-state index contributed by atoms with van der Waals surface area (Å²) in [5, 5.41) is 8.11. The zero-order valence-electron chi connectivity index (χ0n) is 10.4. The third kappa shape index (κ3) is 8.21. The number of esters is 1. The molecule has 0 aromatic heterocycles. The molecule has 1 unspecified atom stereocenters. The molecule has 0 aromatic rings. The lowest BCUT2D eigenvalue weighted by atomic mass is 10.3. The molecular weight excluding hydrogens is 224 g/mol. The second kappa shape index (κ2) is 7.62. The second-order valence-corrected chi connectivity index (χ2v) is 3.61. The Kier molecular flexibility index (Phi) is 6.89. The van der Waals surface area contributed by atoms with Crippen LogP contribution in [0, 0.1) is 0 Å². The smallest absolute Gasteiger partial charge is 0.333 e. The van der Waals surface area contributed by atoms with Crippen LogP contribution in [0.5, 0.6) is 0 Å². The molecule has 1 heterocycles. The molecule has 1 atom stereocenters. The van der Waals surface area contributed by atoms with Crippen molar-refractivity contribution in [3.63, 3.8) is 0 Å². The molecular formula is C12H18O5. The molecule has 17 heavy (non-hydrogen) atoms. The highest BCUT2D eigenvalue weighted by Crippen LogP contribution is 2.09. The van der Waals surface area contributed by atoms with Gasteiger partial charge in [0, 0.05) is 11.1 Å². The maximum absolute atomic E-state index is 10.7. The van der Waals surface area contributed by atoms with E-state index >= 15 is 0 Å². The molecule has 0 bridgehead atoms. The lowest BCUT2D eigenvalue weighted by Crippen LogP contribution is -2.09. The van der Waals surface area contributed by atoms with Gasteiger partial charge in [0.05, 0.1) is 6.61 Å². The van der Waals surface area contributed by atoms with Crippen molar-refractivity contribution in [2.24, 2.45) is 0 Å². The van der Waals surface area contributed by atoms with Crippen LogP contribution in [0.4, 0.5) is 0 Å². The van der Waals surface area contributed by atoms with Crippen LogP contribution in [0.2, 0.25) is 0 Å². The van der Waals surface area contributed by atoms with Crippen molar-refractivity contribution >= 4 is 11.9 Å². The van der Waals surface area contributed by atoms with Gasteiger partial charge in [-0.25, -0.2) is 9.59 Å². The van der Waals surface area contributed by atoms with Gasteiger partial charge in [0.25, 0.3) is 0 Å². The number of ether oxygens (including phenoxy) is 2. The molecule has 0 saturated carbocycles. The number of carboxylic acids is 1. The molecule has 0 radical (unpaired) electrons.